The maximum Gasteiger partial charge on any atom is 0.0708 e. The van der Waals surface area contributed by atoms with E-state index in [1.807, 2.05) is 0 Å². The van der Waals surface area contributed by atoms with Crippen LogP contribution >= 0.6 is 24.8 Å². The lowest BCUT2D eigenvalue weighted by Gasteiger charge is -2.05. The third kappa shape index (κ3) is 4.82. The summed E-state index contributed by atoms with van der Waals surface area (Å²) in [6, 6.07) is 0.394. The normalized spacial score (nSPS) is 28.9. The molecule has 1 aliphatic rings. The van der Waals surface area contributed by atoms with E-state index in [0.717, 1.165) is 12.8 Å². The van der Waals surface area contributed by atoms with Gasteiger partial charge in [-0.2, -0.15) is 0 Å². The number of halogens is 2. The summed E-state index contributed by atoms with van der Waals surface area (Å²) in [6.45, 7) is 0.674. The molecule has 1 saturated carbocycles. The van der Waals surface area contributed by atoms with Crippen LogP contribution in [0, 0.1) is 5.92 Å². The highest BCUT2D eigenvalue weighted by molar-refractivity contribution is 5.85. The largest absolute Gasteiger partial charge is 0.328 e. The minimum atomic E-state index is 0. The van der Waals surface area contributed by atoms with E-state index in [1.165, 1.54) is 6.42 Å². The Hall–Kier alpha value is 0.460. The fraction of sp³-hybridized carbons (Fsp3) is 1.00. The monoisotopic (exact) mass is 202 g/mol. The van der Waals surface area contributed by atoms with Gasteiger partial charge in [0.25, 0.3) is 0 Å². The summed E-state index contributed by atoms with van der Waals surface area (Å²) in [5.74, 6) is 5.53. The summed E-state index contributed by atoms with van der Waals surface area (Å²) in [5.41, 5.74) is 5.66. The minimum absolute atomic E-state index is 0. The molecule has 2 atom stereocenters. The molecule has 0 aromatic rings. The van der Waals surface area contributed by atoms with Gasteiger partial charge in [-0.3, -0.25) is 0 Å². The molecule has 0 bridgehead atoms. The summed E-state index contributed by atoms with van der Waals surface area (Å²) in [5, 5.41) is 0. The molecule has 1 fully saturated rings. The molecule has 0 amide bonds. The summed E-state index contributed by atoms with van der Waals surface area (Å²) in [7, 11) is 0. The van der Waals surface area contributed by atoms with E-state index in [0.29, 0.717) is 18.6 Å². The molecule has 1 rings (SSSR count). The first kappa shape index (κ1) is 14.0. The fourth-order valence-electron chi connectivity index (χ4n) is 1.40. The van der Waals surface area contributed by atoms with E-state index in [1.54, 1.807) is 0 Å². The molecular weight excluding hydrogens is 187 g/mol. The molecular formula is C6H16Cl2N2O. The van der Waals surface area contributed by atoms with Crippen LogP contribution in [0.25, 0.3) is 0 Å². The van der Waals surface area contributed by atoms with Crippen LogP contribution in [0.15, 0.2) is 0 Å². The van der Waals surface area contributed by atoms with Crippen molar-refractivity contribution < 1.29 is 4.84 Å². The van der Waals surface area contributed by atoms with Gasteiger partial charge in [0.2, 0.25) is 0 Å². The van der Waals surface area contributed by atoms with Gasteiger partial charge in [-0.15, -0.1) is 24.8 Å². The second-order valence-electron chi connectivity index (χ2n) is 2.77. The van der Waals surface area contributed by atoms with Crippen LogP contribution in [-0.2, 0) is 4.84 Å². The summed E-state index contributed by atoms with van der Waals surface area (Å²) in [6.07, 6.45) is 3.39. The van der Waals surface area contributed by atoms with Gasteiger partial charge in [0.05, 0.1) is 6.61 Å². The Morgan fingerprint density at radius 3 is 2.27 bits per heavy atom. The van der Waals surface area contributed by atoms with Crippen molar-refractivity contribution >= 4 is 24.8 Å². The lowest BCUT2D eigenvalue weighted by atomic mass is 10.1. The highest BCUT2D eigenvalue weighted by Gasteiger charge is 2.21. The molecule has 0 saturated heterocycles. The minimum Gasteiger partial charge on any atom is -0.328 e. The molecule has 1 aliphatic carbocycles. The van der Waals surface area contributed by atoms with Crippen LogP contribution in [0.5, 0.6) is 0 Å². The van der Waals surface area contributed by atoms with Crippen molar-refractivity contribution in [3.63, 3.8) is 0 Å². The summed E-state index contributed by atoms with van der Waals surface area (Å²) >= 11 is 0. The highest BCUT2D eigenvalue weighted by atomic mass is 35.5. The first-order valence-electron chi connectivity index (χ1n) is 3.40. The maximum atomic E-state index is 5.66. The highest BCUT2D eigenvalue weighted by Crippen LogP contribution is 2.23. The zero-order valence-corrected chi connectivity index (χ0v) is 8.00. The van der Waals surface area contributed by atoms with Crippen molar-refractivity contribution in [1.29, 1.82) is 0 Å². The van der Waals surface area contributed by atoms with Gasteiger partial charge < -0.3 is 10.6 Å². The predicted octanol–water partition coefficient (Wildman–Crippen LogP) is 0.848. The Kier molecular flexibility index (Phi) is 9.08. The van der Waals surface area contributed by atoms with Crippen molar-refractivity contribution in [3.8, 4) is 0 Å². The van der Waals surface area contributed by atoms with Crippen molar-refractivity contribution in [2.75, 3.05) is 6.61 Å². The van der Waals surface area contributed by atoms with Crippen molar-refractivity contribution in [3.05, 3.63) is 0 Å². The van der Waals surface area contributed by atoms with Gasteiger partial charge in [0.15, 0.2) is 0 Å². The molecule has 0 spiro atoms. The average molecular weight is 203 g/mol. The Morgan fingerprint density at radius 2 is 1.91 bits per heavy atom. The van der Waals surface area contributed by atoms with Gasteiger partial charge in [-0.1, -0.05) is 0 Å². The molecule has 0 radical (unpaired) electrons. The standard InChI is InChI=1S/C6H14N2O.2ClH/c7-6-2-1-5(3-6)4-9-8;;/h5-6H,1-4,7-8H2;2*1H. The van der Waals surface area contributed by atoms with Crippen LogP contribution in [0.4, 0.5) is 0 Å². The van der Waals surface area contributed by atoms with E-state index in [2.05, 4.69) is 4.84 Å². The Bertz CT molecular complexity index is 92.7. The lowest BCUT2D eigenvalue weighted by Crippen LogP contribution is -2.17. The van der Waals surface area contributed by atoms with Crippen molar-refractivity contribution in [2.24, 2.45) is 17.5 Å². The zero-order valence-electron chi connectivity index (χ0n) is 6.36. The Balaban J connectivity index is 0. The van der Waals surface area contributed by atoms with Crippen LogP contribution in [-0.4, -0.2) is 12.6 Å². The fourth-order valence-corrected chi connectivity index (χ4v) is 1.40. The summed E-state index contributed by atoms with van der Waals surface area (Å²) in [4.78, 5) is 4.52. The van der Waals surface area contributed by atoms with E-state index >= 15 is 0 Å². The summed E-state index contributed by atoms with van der Waals surface area (Å²) < 4.78 is 0. The zero-order chi connectivity index (χ0) is 6.69. The molecule has 0 heterocycles. The molecule has 4 N–H and O–H groups in total. The van der Waals surface area contributed by atoms with Gasteiger partial charge in [0, 0.05) is 6.04 Å². The third-order valence-electron chi connectivity index (χ3n) is 1.91. The lowest BCUT2D eigenvalue weighted by molar-refractivity contribution is 0.103. The van der Waals surface area contributed by atoms with Crippen LogP contribution in [0.1, 0.15) is 19.3 Å². The molecule has 0 aromatic heterocycles. The van der Waals surface area contributed by atoms with Crippen LogP contribution in [0.2, 0.25) is 0 Å². The molecule has 0 aromatic carbocycles. The topological polar surface area (TPSA) is 61.3 Å². The third-order valence-corrected chi connectivity index (χ3v) is 1.91. The SMILES string of the molecule is Cl.Cl.NOCC1CCC(N)C1. The van der Waals surface area contributed by atoms with Gasteiger partial charge >= 0.3 is 0 Å². The predicted molar refractivity (Wildman–Crippen MR) is 50.0 cm³/mol. The molecule has 0 aliphatic heterocycles. The first-order chi connectivity index (χ1) is 4.33. The van der Waals surface area contributed by atoms with E-state index in [-0.39, 0.29) is 24.8 Å². The van der Waals surface area contributed by atoms with Gasteiger partial charge in [0.1, 0.15) is 0 Å². The molecule has 5 heteroatoms. The smallest absolute Gasteiger partial charge is 0.0708 e. The number of hydrogen-bond acceptors (Lipinski definition) is 3. The molecule has 70 valence electrons. The molecule has 11 heavy (non-hydrogen) atoms. The number of nitrogens with two attached hydrogens (primary N) is 2. The van der Waals surface area contributed by atoms with E-state index in [9.17, 15) is 0 Å². The quantitative estimate of drug-likeness (QED) is 0.654. The second-order valence-corrected chi connectivity index (χ2v) is 2.77. The number of hydrogen-bond donors (Lipinski definition) is 2. The van der Waals surface area contributed by atoms with Crippen LogP contribution in [0.3, 0.4) is 0 Å². The molecule has 3 nitrogen and oxygen atoms in total. The van der Waals surface area contributed by atoms with Crippen molar-refractivity contribution in [1.82, 2.24) is 0 Å². The Labute approximate surface area is 79.6 Å². The van der Waals surface area contributed by atoms with Gasteiger partial charge in [-0.25, -0.2) is 5.90 Å². The van der Waals surface area contributed by atoms with Crippen molar-refractivity contribution in [2.45, 2.75) is 25.3 Å². The van der Waals surface area contributed by atoms with Gasteiger partial charge in [-0.05, 0) is 25.2 Å². The van der Waals surface area contributed by atoms with E-state index < -0.39 is 0 Å². The average Bonchev–Trinajstić information content (AvgIpc) is 2.17. The maximum absolute atomic E-state index is 5.66. The molecule has 2 unspecified atom stereocenters. The first-order valence-corrected chi connectivity index (χ1v) is 3.40. The van der Waals surface area contributed by atoms with Crippen LogP contribution < -0.4 is 11.6 Å². The Morgan fingerprint density at radius 1 is 1.27 bits per heavy atom. The second kappa shape index (κ2) is 7.13. The van der Waals surface area contributed by atoms with E-state index in [4.69, 9.17) is 11.6 Å². The number of rotatable bonds is 2.